The standard InChI is InChI=1S/C15H21NO2S/c1-15(2,3)18-14(17)16-11-7-9-12-8-5-6-10-13(12)19-4/h5-10H,11H2,1-4H3,(H,16,17). The van der Waals surface area contributed by atoms with Gasteiger partial charge in [-0.15, -0.1) is 11.8 Å². The highest BCUT2D eigenvalue weighted by Gasteiger charge is 2.14. The van der Waals surface area contributed by atoms with Crippen LogP contribution in [-0.2, 0) is 4.74 Å². The predicted octanol–water partition coefficient (Wildman–Crippen LogP) is 3.95. The molecule has 1 N–H and O–H groups in total. The van der Waals surface area contributed by atoms with E-state index >= 15 is 0 Å². The van der Waals surface area contributed by atoms with E-state index in [0.717, 1.165) is 5.56 Å². The molecule has 0 heterocycles. The van der Waals surface area contributed by atoms with E-state index in [1.54, 1.807) is 11.8 Å². The van der Waals surface area contributed by atoms with Crippen LogP contribution in [0.4, 0.5) is 4.79 Å². The topological polar surface area (TPSA) is 38.3 Å². The molecular weight excluding hydrogens is 258 g/mol. The maximum absolute atomic E-state index is 11.4. The highest BCUT2D eigenvalue weighted by atomic mass is 32.2. The van der Waals surface area contributed by atoms with Gasteiger partial charge in [0.2, 0.25) is 0 Å². The number of hydrogen-bond donors (Lipinski definition) is 1. The van der Waals surface area contributed by atoms with Crippen molar-refractivity contribution in [3.63, 3.8) is 0 Å². The second-order valence-electron chi connectivity index (χ2n) is 5.03. The van der Waals surface area contributed by atoms with Crippen LogP contribution in [0.3, 0.4) is 0 Å². The Morgan fingerprint density at radius 2 is 2.05 bits per heavy atom. The Morgan fingerprint density at radius 1 is 1.37 bits per heavy atom. The molecule has 0 aromatic heterocycles. The lowest BCUT2D eigenvalue weighted by atomic mass is 10.2. The third-order valence-corrected chi connectivity index (χ3v) is 3.01. The number of hydrogen-bond acceptors (Lipinski definition) is 3. The average molecular weight is 279 g/mol. The smallest absolute Gasteiger partial charge is 0.407 e. The molecule has 0 atom stereocenters. The Morgan fingerprint density at radius 3 is 2.68 bits per heavy atom. The number of rotatable bonds is 4. The van der Waals surface area contributed by atoms with Crippen LogP contribution in [0.1, 0.15) is 26.3 Å². The normalized spacial score (nSPS) is 11.6. The van der Waals surface area contributed by atoms with Crippen LogP contribution >= 0.6 is 11.8 Å². The summed E-state index contributed by atoms with van der Waals surface area (Å²) >= 11 is 1.70. The molecule has 0 spiro atoms. The molecule has 1 amide bonds. The Balaban J connectivity index is 2.44. The van der Waals surface area contributed by atoms with E-state index in [-0.39, 0.29) is 0 Å². The summed E-state index contributed by atoms with van der Waals surface area (Å²) in [5, 5.41) is 2.69. The molecule has 1 aromatic carbocycles. The van der Waals surface area contributed by atoms with Gasteiger partial charge in [0.25, 0.3) is 0 Å². The van der Waals surface area contributed by atoms with Gasteiger partial charge in [-0.2, -0.15) is 0 Å². The van der Waals surface area contributed by atoms with E-state index in [9.17, 15) is 4.79 Å². The minimum Gasteiger partial charge on any atom is -0.444 e. The minimum absolute atomic E-state index is 0.393. The number of carbonyl (C=O) groups is 1. The molecule has 19 heavy (non-hydrogen) atoms. The van der Waals surface area contributed by atoms with E-state index in [1.807, 2.05) is 51.3 Å². The molecule has 104 valence electrons. The second kappa shape index (κ2) is 7.24. The lowest BCUT2D eigenvalue weighted by Crippen LogP contribution is -2.32. The highest BCUT2D eigenvalue weighted by Crippen LogP contribution is 2.20. The predicted molar refractivity (Wildman–Crippen MR) is 81.5 cm³/mol. The minimum atomic E-state index is -0.459. The number of carbonyl (C=O) groups excluding carboxylic acids is 1. The molecule has 0 bridgehead atoms. The van der Waals surface area contributed by atoms with Crippen LogP contribution in [0.25, 0.3) is 6.08 Å². The van der Waals surface area contributed by atoms with Gasteiger partial charge < -0.3 is 10.1 Å². The van der Waals surface area contributed by atoms with Crippen molar-refractivity contribution < 1.29 is 9.53 Å². The van der Waals surface area contributed by atoms with Gasteiger partial charge in [-0.25, -0.2) is 4.79 Å². The van der Waals surface area contributed by atoms with E-state index in [0.29, 0.717) is 6.54 Å². The fourth-order valence-electron chi connectivity index (χ4n) is 1.45. The fraction of sp³-hybridized carbons (Fsp3) is 0.400. The molecule has 0 fully saturated rings. The number of alkyl carbamates (subject to hydrolysis) is 1. The van der Waals surface area contributed by atoms with Crippen molar-refractivity contribution >= 4 is 23.9 Å². The van der Waals surface area contributed by atoms with Crippen molar-refractivity contribution in [2.24, 2.45) is 0 Å². The lowest BCUT2D eigenvalue weighted by molar-refractivity contribution is 0.0534. The Hall–Kier alpha value is -1.42. The molecule has 3 nitrogen and oxygen atoms in total. The van der Waals surface area contributed by atoms with E-state index in [2.05, 4.69) is 17.4 Å². The van der Waals surface area contributed by atoms with Crippen molar-refractivity contribution in [3.05, 3.63) is 35.9 Å². The van der Waals surface area contributed by atoms with Crippen LogP contribution in [0.2, 0.25) is 0 Å². The summed E-state index contributed by atoms with van der Waals surface area (Å²) in [6, 6.07) is 8.14. The third kappa shape index (κ3) is 6.34. The van der Waals surface area contributed by atoms with E-state index in [1.165, 1.54) is 4.90 Å². The van der Waals surface area contributed by atoms with Crippen molar-refractivity contribution in [2.75, 3.05) is 12.8 Å². The highest BCUT2D eigenvalue weighted by molar-refractivity contribution is 7.98. The zero-order valence-corrected chi connectivity index (χ0v) is 12.7. The second-order valence-corrected chi connectivity index (χ2v) is 5.88. The quantitative estimate of drug-likeness (QED) is 0.848. The summed E-state index contributed by atoms with van der Waals surface area (Å²) in [5.41, 5.74) is 0.695. The monoisotopic (exact) mass is 279 g/mol. The summed E-state index contributed by atoms with van der Waals surface area (Å²) in [4.78, 5) is 12.6. The molecule has 1 aromatic rings. The lowest BCUT2D eigenvalue weighted by Gasteiger charge is -2.19. The first-order valence-electron chi connectivity index (χ1n) is 6.19. The van der Waals surface area contributed by atoms with Gasteiger partial charge in [-0.1, -0.05) is 30.4 Å². The third-order valence-electron chi connectivity index (χ3n) is 2.20. The van der Waals surface area contributed by atoms with Gasteiger partial charge in [0.15, 0.2) is 0 Å². The Labute approximate surface area is 119 Å². The first-order chi connectivity index (χ1) is 8.92. The molecule has 0 radical (unpaired) electrons. The van der Waals surface area contributed by atoms with Gasteiger partial charge in [0.1, 0.15) is 5.60 Å². The molecule has 0 unspecified atom stereocenters. The summed E-state index contributed by atoms with van der Waals surface area (Å²) in [7, 11) is 0. The molecule has 1 rings (SSSR count). The summed E-state index contributed by atoms with van der Waals surface area (Å²) in [6.45, 7) is 5.99. The SMILES string of the molecule is CSc1ccccc1C=CCNC(=O)OC(C)(C)C. The molecule has 0 saturated heterocycles. The van der Waals surface area contributed by atoms with Gasteiger partial charge >= 0.3 is 6.09 Å². The summed E-state index contributed by atoms with van der Waals surface area (Å²) < 4.78 is 5.15. The summed E-state index contributed by atoms with van der Waals surface area (Å²) in [6.07, 6.45) is 5.57. The van der Waals surface area contributed by atoms with Crippen LogP contribution in [0, 0.1) is 0 Å². The number of amides is 1. The number of thioether (sulfide) groups is 1. The summed E-state index contributed by atoms with van der Waals surface area (Å²) in [5.74, 6) is 0. The van der Waals surface area contributed by atoms with Crippen molar-refractivity contribution in [1.82, 2.24) is 5.32 Å². The molecule has 0 aliphatic rings. The first kappa shape index (κ1) is 15.6. The maximum Gasteiger partial charge on any atom is 0.407 e. The molecule has 0 saturated carbocycles. The fourth-order valence-corrected chi connectivity index (χ4v) is 2.03. The average Bonchev–Trinajstić information content (AvgIpc) is 2.33. The zero-order valence-electron chi connectivity index (χ0n) is 11.9. The number of nitrogens with one attached hydrogen (secondary N) is 1. The van der Waals surface area contributed by atoms with Crippen LogP contribution < -0.4 is 5.32 Å². The van der Waals surface area contributed by atoms with Crippen molar-refractivity contribution in [2.45, 2.75) is 31.3 Å². The zero-order chi connectivity index (χ0) is 14.3. The molecule has 4 heteroatoms. The van der Waals surface area contributed by atoms with Crippen LogP contribution in [0.5, 0.6) is 0 Å². The largest absolute Gasteiger partial charge is 0.444 e. The van der Waals surface area contributed by atoms with Crippen molar-refractivity contribution in [3.8, 4) is 0 Å². The molecule has 0 aliphatic carbocycles. The van der Waals surface area contributed by atoms with Gasteiger partial charge in [-0.3, -0.25) is 0 Å². The van der Waals surface area contributed by atoms with Crippen LogP contribution in [-0.4, -0.2) is 24.5 Å². The van der Waals surface area contributed by atoms with E-state index < -0.39 is 11.7 Å². The number of benzene rings is 1. The Bertz CT molecular complexity index is 450. The van der Waals surface area contributed by atoms with Gasteiger partial charge in [0.05, 0.1) is 0 Å². The van der Waals surface area contributed by atoms with E-state index in [4.69, 9.17) is 4.74 Å². The number of ether oxygens (including phenoxy) is 1. The maximum atomic E-state index is 11.4. The first-order valence-corrected chi connectivity index (χ1v) is 7.41. The molecular formula is C15H21NO2S. The van der Waals surface area contributed by atoms with Gasteiger partial charge in [0, 0.05) is 11.4 Å². The van der Waals surface area contributed by atoms with Crippen LogP contribution in [0.15, 0.2) is 35.2 Å². The molecule has 0 aliphatic heterocycles. The Kier molecular flexibility index (Phi) is 5.96. The van der Waals surface area contributed by atoms with Crippen molar-refractivity contribution in [1.29, 1.82) is 0 Å². The van der Waals surface area contributed by atoms with Gasteiger partial charge in [-0.05, 0) is 38.7 Å².